The molecule has 0 aliphatic carbocycles. The first-order valence-corrected chi connectivity index (χ1v) is 3.74. The quantitative estimate of drug-likeness (QED) is 0.521. The van der Waals surface area contributed by atoms with Crippen molar-refractivity contribution in [3.05, 3.63) is 23.5 Å². The van der Waals surface area contributed by atoms with Crippen LogP contribution >= 0.6 is 0 Å². The van der Waals surface area contributed by atoms with Gasteiger partial charge in [0.05, 0.1) is 0 Å². The predicted molar refractivity (Wildman–Crippen MR) is 40.4 cm³/mol. The molecule has 0 aromatic rings. The van der Waals surface area contributed by atoms with E-state index in [9.17, 15) is 0 Å². The second-order valence-electron chi connectivity index (χ2n) is 2.70. The molecule has 0 saturated carbocycles. The van der Waals surface area contributed by atoms with Crippen molar-refractivity contribution in [1.82, 2.24) is 10.6 Å². The molecule has 1 N–H and O–H groups in total. The zero-order valence-corrected chi connectivity index (χ0v) is 5.93. The van der Waals surface area contributed by atoms with Crippen LogP contribution in [0.15, 0.2) is 23.5 Å². The minimum absolute atomic E-state index is 1.04. The van der Waals surface area contributed by atoms with Gasteiger partial charge in [0.25, 0.3) is 0 Å². The van der Waals surface area contributed by atoms with Crippen molar-refractivity contribution in [1.29, 1.82) is 0 Å². The second kappa shape index (κ2) is 2.46. The lowest BCUT2D eigenvalue weighted by Crippen LogP contribution is -2.28. The number of hydrogen-bond donors (Lipinski definition) is 1. The average Bonchev–Trinajstić information content (AvgIpc) is 2.05. The summed E-state index contributed by atoms with van der Waals surface area (Å²) in [6.07, 6.45) is 6.25. The normalized spacial score (nSPS) is 24.0. The van der Waals surface area contributed by atoms with Crippen molar-refractivity contribution >= 4 is 0 Å². The van der Waals surface area contributed by atoms with Crippen LogP contribution in [0, 0.1) is 0 Å². The van der Waals surface area contributed by atoms with E-state index in [1.807, 2.05) is 6.20 Å². The molecule has 2 nitrogen and oxygen atoms in total. The van der Waals surface area contributed by atoms with Gasteiger partial charge < -0.3 is 5.32 Å². The Kier molecular flexibility index (Phi) is 1.47. The monoisotopic (exact) mass is 135 g/mol. The lowest BCUT2D eigenvalue weighted by Gasteiger charge is -2.21. The summed E-state index contributed by atoms with van der Waals surface area (Å²) in [5.74, 6) is 0. The van der Waals surface area contributed by atoms with Crippen LogP contribution in [-0.2, 0) is 0 Å². The molecule has 2 rings (SSSR count). The first kappa shape index (κ1) is 5.98. The van der Waals surface area contributed by atoms with Gasteiger partial charge in [0.15, 0.2) is 0 Å². The maximum Gasteiger partial charge on any atom is 0.0424 e. The van der Waals surface area contributed by atoms with Crippen molar-refractivity contribution in [2.24, 2.45) is 0 Å². The van der Waals surface area contributed by atoms with Crippen LogP contribution in [0.5, 0.6) is 0 Å². The van der Waals surface area contributed by atoms with E-state index in [1.54, 1.807) is 0 Å². The predicted octanol–water partition coefficient (Wildman–Crippen LogP) is 0.756. The molecule has 0 fully saturated rings. The summed E-state index contributed by atoms with van der Waals surface area (Å²) in [6.45, 7) is 2.14. The maximum absolute atomic E-state index is 4.31. The molecule has 0 amide bonds. The summed E-state index contributed by atoms with van der Waals surface area (Å²) in [5.41, 5.74) is 2.80. The highest BCUT2D eigenvalue weighted by atomic mass is 14.9. The molecule has 10 heavy (non-hydrogen) atoms. The summed E-state index contributed by atoms with van der Waals surface area (Å²) in [4.78, 5) is 0. The van der Waals surface area contributed by atoms with E-state index in [4.69, 9.17) is 0 Å². The average molecular weight is 135 g/mol. The molecule has 53 valence electrons. The Hall–Kier alpha value is -0.760. The third-order valence-corrected chi connectivity index (χ3v) is 1.99. The Morgan fingerprint density at radius 1 is 1.50 bits per heavy atom. The van der Waals surface area contributed by atoms with Gasteiger partial charge in [-0.05, 0) is 12.0 Å². The van der Waals surface area contributed by atoms with Crippen LogP contribution in [0.1, 0.15) is 12.8 Å². The minimum Gasteiger partial charge on any atom is -0.313 e. The number of nitrogens with one attached hydrogen (secondary N) is 1. The molecule has 2 heterocycles. The van der Waals surface area contributed by atoms with Crippen LogP contribution < -0.4 is 10.6 Å². The van der Waals surface area contributed by atoms with Gasteiger partial charge in [-0.3, -0.25) is 5.32 Å². The lowest BCUT2D eigenvalue weighted by molar-refractivity contribution is 0.633. The fourth-order valence-electron chi connectivity index (χ4n) is 1.41. The summed E-state index contributed by atoms with van der Waals surface area (Å²) < 4.78 is 0. The SMILES string of the molecule is C1=C[N]C2=C(C1)CNCC2. The van der Waals surface area contributed by atoms with Gasteiger partial charge in [0, 0.05) is 31.4 Å². The molecular weight excluding hydrogens is 124 g/mol. The molecule has 0 spiro atoms. The van der Waals surface area contributed by atoms with Gasteiger partial charge in [-0.25, -0.2) is 0 Å². The van der Waals surface area contributed by atoms with Gasteiger partial charge in [-0.15, -0.1) is 0 Å². The number of nitrogens with zero attached hydrogens (tertiary/aromatic N) is 1. The largest absolute Gasteiger partial charge is 0.313 e. The smallest absolute Gasteiger partial charge is 0.0424 e. The molecule has 0 saturated heterocycles. The summed E-state index contributed by atoms with van der Waals surface area (Å²) in [6, 6.07) is 0. The van der Waals surface area contributed by atoms with E-state index in [2.05, 4.69) is 16.7 Å². The molecule has 0 aromatic heterocycles. The fourth-order valence-corrected chi connectivity index (χ4v) is 1.41. The van der Waals surface area contributed by atoms with E-state index in [1.165, 1.54) is 11.3 Å². The highest BCUT2D eigenvalue weighted by Gasteiger charge is 2.12. The molecule has 2 heteroatoms. The second-order valence-corrected chi connectivity index (χ2v) is 2.70. The van der Waals surface area contributed by atoms with Crippen LogP contribution in [-0.4, -0.2) is 13.1 Å². The third-order valence-electron chi connectivity index (χ3n) is 1.99. The molecule has 0 atom stereocenters. The van der Waals surface area contributed by atoms with Crippen molar-refractivity contribution in [3.63, 3.8) is 0 Å². The van der Waals surface area contributed by atoms with E-state index in [0.29, 0.717) is 0 Å². The number of hydrogen-bond acceptors (Lipinski definition) is 1. The van der Waals surface area contributed by atoms with Crippen LogP contribution in [0.25, 0.3) is 0 Å². The lowest BCUT2D eigenvalue weighted by atomic mass is 10.0. The number of allylic oxidation sites excluding steroid dienone is 1. The Morgan fingerprint density at radius 2 is 2.50 bits per heavy atom. The molecule has 1 radical (unpaired) electrons. The van der Waals surface area contributed by atoms with E-state index in [-0.39, 0.29) is 0 Å². The molecule has 2 aliphatic rings. The van der Waals surface area contributed by atoms with Crippen LogP contribution in [0.2, 0.25) is 0 Å². The van der Waals surface area contributed by atoms with Gasteiger partial charge in [-0.1, -0.05) is 6.08 Å². The maximum atomic E-state index is 4.31. The molecule has 0 unspecified atom stereocenters. The van der Waals surface area contributed by atoms with Gasteiger partial charge in [-0.2, -0.15) is 0 Å². The van der Waals surface area contributed by atoms with E-state index >= 15 is 0 Å². The highest BCUT2D eigenvalue weighted by Crippen LogP contribution is 2.17. The summed E-state index contributed by atoms with van der Waals surface area (Å²) >= 11 is 0. The zero-order valence-electron chi connectivity index (χ0n) is 5.93. The van der Waals surface area contributed by atoms with Crippen LogP contribution in [0.4, 0.5) is 0 Å². The number of rotatable bonds is 0. The van der Waals surface area contributed by atoms with Gasteiger partial charge >= 0.3 is 0 Å². The summed E-state index contributed by atoms with van der Waals surface area (Å²) in [5, 5.41) is 7.64. The highest BCUT2D eigenvalue weighted by molar-refractivity contribution is 5.24. The molecule has 0 bridgehead atoms. The van der Waals surface area contributed by atoms with Crippen LogP contribution in [0.3, 0.4) is 0 Å². The Balaban J connectivity index is 2.17. The van der Waals surface area contributed by atoms with Crippen molar-refractivity contribution in [3.8, 4) is 0 Å². The van der Waals surface area contributed by atoms with Gasteiger partial charge in [0.2, 0.25) is 0 Å². The molecule has 0 aromatic carbocycles. The fraction of sp³-hybridized carbons (Fsp3) is 0.500. The Bertz CT molecular complexity index is 171. The zero-order chi connectivity index (χ0) is 6.81. The third kappa shape index (κ3) is 0.948. The van der Waals surface area contributed by atoms with Crippen molar-refractivity contribution in [2.75, 3.05) is 13.1 Å². The van der Waals surface area contributed by atoms with Gasteiger partial charge in [0.1, 0.15) is 0 Å². The Labute approximate surface area is 61.0 Å². The first-order chi connectivity index (χ1) is 4.97. The van der Waals surface area contributed by atoms with E-state index < -0.39 is 0 Å². The molecular formula is C8H11N2. The minimum atomic E-state index is 1.04. The van der Waals surface area contributed by atoms with Crippen molar-refractivity contribution in [2.45, 2.75) is 12.8 Å². The molecule has 2 aliphatic heterocycles. The van der Waals surface area contributed by atoms with E-state index in [0.717, 1.165) is 25.9 Å². The first-order valence-electron chi connectivity index (χ1n) is 3.74. The standard InChI is InChI=1S/C8H11N2/c1-2-7-6-9-5-3-8(7)10-4-1/h1,4,9H,2-3,5-6H2. The van der Waals surface area contributed by atoms with Crippen molar-refractivity contribution < 1.29 is 0 Å². The Morgan fingerprint density at radius 3 is 3.40 bits per heavy atom. The summed E-state index contributed by atoms with van der Waals surface area (Å²) in [7, 11) is 0. The topological polar surface area (TPSA) is 26.1 Å².